The van der Waals surface area contributed by atoms with Crippen molar-refractivity contribution in [1.29, 1.82) is 0 Å². The van der Waals surface area contributed by atoms with Crippen molar-refractivity contribution < 1.29 is 5.11 Å². The molecule has 1 aromatic carbocycles. The fourth-order valence-corrected chi connectivity index (χ4v) is 3.22. The number of aliphatic hydroxyl groups is 1. The average molecular weight is 275 g/mol. The third kappa shape index (κ3) is 3.83. The molecular formula is C18H29NO. The molecule has 1 heterocycles. The van der Waals surface area contributed by atoms with Gasteiger partial charge in [-0.15, -0.1) is 0 Å². The van der Waals surface area contributed by atoms with Crippen LogP contribution in [-0.4, -0.2) is 29.6 Å². The second-order valence-electron chi connectivity index (χ2n) is 6.68. The van der Waals surface area contributed by atoms with E-state index < -0.39 is 5.60 Å². The van der Waals surface area contributed by atoms with E-state index >= 15 is 0 Å². The third-order valence-corrected chi connectivity index (χ3v) is 4.31. The highest BCUT2D eigenvalue weighted by Gasteiger charge is 2.33. The van der Waals surface area contributed by atoms with E-state index in [1.165, 1.54) is 5.56 Å². The minimum absolute atomic E-state index is 0.614. The number of aryl methyl sites for hydroxylation is 1. The first-order valence-corrected chi connectivity index (χ1v) is 8.07. The van der Waals surface area contributed by atoms with Gasteiger partial charge in [-0.1, -0.05) is 51.5 Å². The molecular weight excluding hydrogens is 246 g/mol. The zero-order valence-corrected chi connectivity index (χ0v) is 13.2. The first kappa shape index (κ1) is 15.5. The van der Waals surface area contributed by atoms with Crippen molar-refractivity contribution in [2.75, 3.05) is 19.6 Å². The summed E-state index contributed by atoms with van der Waals surface area (Å²) in [5, 5.41) is 11.0. The summed E-state index contributed by atoms with van der Waals surface area (Å²) in [4.78, 5) is 2.48. The SMILES string of the molecule is CCCc1cccc(C2(O)CCN(CC(C)C)CC2)c1. The molecule has 0 atom stereocenters. The van der Waals surface area contributed by atoms with Gasteiger partial charge in [-0.2, -0.15) is 0 Å². The Balaban J connectivity index is 2.03. The fourth-order valence-electron chi connectivity index (χ4n) is 3.22. The van der Waals surface area contributed by atoms with Crippen molar-refractivity contribution in [3.05, 3.63) is 35.4 Å². The Kier molecular flexibility index (Phi) is 5.22. The molecule has 1 aliphatic heterocycles. The molecule has 1 saturated heterocycles. The molecule has 0 radical (unpaired) electrons. The summed E-state index contributed by atoms with van der Waals surface area (Å²) in [5.41, 5.74) is 1.85. The van der Waals surface area contributed by atoms with Gasteiger partial charge in [0.05, 0.1) is 5.60 Å². The van der Waals surface area contributed by atoms with Crippen molar-refractivity contribution >= 4 is 0 Å². The van der Waals surface area contributed by atoms with E-state index in [4.69, 9.17) is 0 Å². The van der Waals surface area contributed by atoms with Gasteiger partial charge < -0.3 is 10.0 Å². The summed E-state index contributed by atoms with van der Waals surface area (Å²) in [6, 6.07) is 8.57. The topological polar surface area (TPSA) is 23.5 Å². The number of benzene rings is 1. The molecule has 2 rings (SSSR count). The lowest BCUT2D eigenvalue weighted by Crippen LogP contribution is -2.43. The molecule has 0 unspecified atom stereocenters. The molecule has 0 aliphatic carbocycles. The molecule has 2 heteroatoms. The van der Waals surface area contributed by atoms with Gasteiger partial charge in [0.1, 0.15) is 0 Å². The maximum absolute atomic E-state index is 11.0. The van der Waals surface area contributed by atoms with Crippen molar-refractivity contribution in [3.8, 4) is 0 Å². The van der Waals surface area contributed by atoms with Gasteiger partial charge in [-0.3, -0.25) is 0 Å². The van der Waals surface area contributed by atoms with Gasteiger partial charge in [0.2, 0.25) is 0 Å². The summed E-state index contributed by atoms with van der Waals surface area (Å²) in [5.74, 6) is 0.703. The van der Waals surface area contributed by atoms with E-state index in [2.05, 4.69) is 49.9 Å². The van der Waals surface area contributed by atoms with Crippen LogP contribution in [0.3, 0.4) is 0 Å². The highest BCUT2D eigenvalue weighted by atomic mass is 16.3. The Labute approximate surface area is 123 Å². The molecule has 0 saturated carbocycles. The van der Waals surface area contributed by atoms with Crippen LogP contribution in [0.25, 0.3) is 0 Å². The van der Waals surface area contributed by atoms with Crippen molar-refractivity contribution in [1.82, 2.24) is 4.90 Å². The quantitative estimate of drug-likeness (QED) is 0.888. The minimum Gasteiger partial charge on any atom is -0.385 e. The van der Waals surface area contributed by atoms with Crippen LogP contribution >= 0.6 is 0 Å². The van der Waals surface area contributed by atoms with Gasteiger partial charge in [-0.25, -0.2) is 0 Å². The zero-order chi connectivity index (χ0) is 14.6. The molecule has 2 nitrogen and oxygen atoms in total. The summed E-state index contributed by atoms with van der Waals surface area (Å²) < 4.78 is 0. The lowest BCUT2D eigenvalue weighted by Gasteiger charge is -2.39. The summed E-state index contributed by atoms with van der Waals surface area (Å²) >= 11 is 0. The predicted molar refractivity (Wildman–Crippen MR) is 84.8 cm³/mol. The first-order chi connectivity index (χ1) is 9.53. The molecule has 1 N–H and O–H groups in total. The van der Waals surface area contributed by atoms with Crippen molar-refractivity contribution in [3.63, 3.8) is 0 Å². The minimum atomic E-state index is -0.614. The Bertz CT molecular complexity index is 419. The van der Waals surface area contributed by atoms with E-state index in [1.54, 1.807) is 0 Å². The van der Waals surface area contributed by atoms with Crippen LogP contribution in [0.2, 0.25) is 0 Å². The second-order valence-corrected chi connectivity index (χ2v) is 6.68. The van der Waals surface area contributed by atoms with Crippen LogP contribution in [0.15, 0.2) is 24.3 Å². The number of rotatable bonds is 5. The van der Waals surface area contributed by atoms with Crippen molar-refractivity contribution in [2.45, 2.75) is 52.1 Å². The summed E-state index contributed by atoms with van der Waals surface area (Å²) in [6.45, 7) is 9.88. The highest BCUT2D eigenvalue weighted by molar-refractivity contribution is 5.29. The molecule has 0 aromatic heterocycles. The molecule has 0 spiro atoms. The van der Waals surface area contributed by atoms with E-state index in [0.717, 1.165) is 50.9 Å². The van der Waals surface area contributed by atoms with Gasteiger partial charge in [0.15, 0.2) is 0 Å². The van der Waals surface area contributed by atoms with E-state index in [9.17, 15) is 5.11 Å². The lowest BCUT2D eigenvalue weighted by atomic mass is 9.83. The maximum Gasteiger partial charge on any atom is 0.0921 e. The standard InChI is InChI=1S/C18H29NO/c1-4-6-16-7-5-8-17(13-16)18(20)9-11-19(12-10-18)14-15(2)3/h5,7-8,13,15,20H,4,6,9-12,14H2,1-3H3. The lowest BCUT2D eigenvalue weighted by molar-refractivity contribution is -0.0280. The van der Waals surface area contributed by atoms with Crippen LogP contribution in [-0.2, 0) is 12.0 Å². The molecule has 20 heavy (non-hydrogen) atoms. The average Bonchev–Trinajstić information content (AvgIpc) is 2.42. The number of piperidine rings is 1. The smallest absolute Gasteiger partial charge is 0.0921 e. The first-order valence-electron chi connectivity index (χ1n) is 8.07. The number of likely N-dealkylation sites (tertiary alicyclic amines) is 1. The van der Waals surface area contributed by atoms with Gasteiger partial charge >= 0.3 is 0 Å². The van der Waals surface area contributed by atoms with E-state index in [1.807, 2.05) is 0 Å². The number of hydrogen-bond donors (Lipinski definition) is 1. The molecule has 1 aromatic rings. The zero-order valence-electron chi connectivity index (χ0n) is 13.2. The van der Waals surface area contributed by atoms with Crippen LogP contribution in [0, 0.1) is 5.92 Å². The molecule has 1 aliphatic rings. The van der Waals surface area contributed by atoms with Gasteiger partial charge in [0.25, 0.3) is 0 Å². The largest absolute Gasteiger partial charge is 0.385 e. The third-order valence-electron chi connectivity index (χ3n) is 4.31. The second kappa shape index (κ2) is 6.73. The fraction of sp³-hybridized carbons (Fsp3) is 0.667. The van der Waals surface area contributed by atoms with Crippen LogP contribution in [0.5, 0.6) is 0 Å². The predicted octanol–water partition coefficient (Wildman–Crippen LogP) is 3.58. The Morgan fingerprint density at radius 1 is 1.25 bits per heavy atom. The van der Waals surface area contributed by atoms with Crippen LogP contribution in [0.1, 0.15) is 51.2 Å². The number of nitrogens with zero attached hydrogens (tertiary/aromatic N) is 1. The Morgan fingerprint density at radius 3 is 2.55 bits per heavy atom. The van der Waals surface area contributed by atoms with Crippen LogP contribution in [0.4, 0.5) is 0 Å². The monoisotopic (exact) mass is 275 g/mol. The summed E-state index contributed by atoms with van der Waals surface area (Å²) in [6.07, 6.45) is 3.97. The molecule has 0 bridgehead atoms. The maximum atomic E-state index is 11.0. The van der Waals surface area contributed by atoms with Gasteiger partial charge in [-0.05, 0) is 36.3 Å². The summed E-state index contributed by atoms with van der Waals surface area (Å²) in [7, 11) is 0. The molecule has 112 valence electrons. The van der Waals surface area contributed by atoms with Crippen molar-refractivity contribution in [2.24, 2.45) is 5.92 Å². The van der Waals surface area contributed by atoms with Gasteiger partial charge in [0, 0.05) is 19.6 Å². The Morgan fingerprint density at radius 2 is 1.95 bits per heavy atom. The molecule has 1 fully saturated rings. The Hall–Kier alpha value is -0.860. The van der Waals surface area contributed by atoms with E-state index in [-0.39, 0.29) is 0 Å². The molecule has 0 amide bonds. The van der Waals surface area contributed by atoms with Crippen LogP contribution < -0.4 is 0 Å². The number of hydrogen-bond acceptors (Lipinski definition) is 2. The van der Waals surface area contributed by atoms with E-state index in [0.29, 0.717) is 5.92 Å². The highest BCUT2D eigenvalue weighted by Crippen LogP contribution is 2.33. The normalized spacial score (nSPS) is 19.4.